The molecule has 10 heavy (non-hydrogen) atoms. The van der Waals surface area contributed by atoms with Gasteiger partial charge in [-0.3, -0.25) is 0 Å². The summed E-state index contributed by atoms with van der Waals surface area (Å²) in [6.07, 6.45) is 6.26. The zero-order valence-corrected chi connectivity index (χ0v) is 7.78. The Hall–Kier alpha value is -0.260. The second-order valence-electron chi connectivity index (χ2n) is 3.20. The molecule has 0 rings (SSSR count). The Morgan fingerprint density at radius 1 is 1.20 bits per heavy atom. The minimum atomic E-state index is 0.912. The van der Waals surface area contributed by atoms with Crippen LogP contribution in [0.3, 0.4) is 0 Å². The maximum Gasteiger partial charge on any atom is -0.0320 e. The van der Waals surface area contributed by atoms with Gasteiger partial charge < -0.3 is 0 Å². The highest BCUT2D eigenvalue weighted by molar-refractivity contribution is 4.93. The molecule has 0 unspecified atom stereocenters. The van der Waals surface area contributed by atoms with Crippen molar-refractivity contribution in [3.63, 3.8) is 0 Å². The van der Waals surface area contributed by atoms with Crippen LogP contribution in [-0.4, -0.2) is 0 Å². The van der Waals surface area contributed by atoms with Crippen LogP contribution in [0.2, 0.25) is 0 Å². The van der Waals surface area contributed by atoms with Crippen LogP contribution in [0.15, 0.2) is 11.6 Å². The van der Waals surface area contributed by atoms with Crippen molar-refractivity contribution >= 4 is 0 Å². The smallest absolute Gasteiger partial charge is 0.0320 e. The van der Waals surface area contributed by atoms with E-state index in [-0.39, 0.29) is 0 Å². The molecule has 0 atom stereocenters. The third-order valence-corrected chi connectivity index (χ3v) is 2.01. The van der Waals surface area contributed by atoms with Gasteiger partial charge in [0.15, 0.2) is 0 Å². The summed E-state index contributed by atoms with van der Waals surface area (Å²) >= 11 is 0. The Balaban J connectivity index is 3.54. The topological polar surface area (TPSA) is 0 Å². The molecule has 0 N–H and O–H groups in total. The Morgan fingerprint density at radius 2 is 1.70 bits per heavy atom. The minimum absolute atomic E-state index is 0.912. The van der Waals surface area contributed by atoms with Crippen LogP contribution < -0.4 is 0 Å². The van der Waals surface area contributed by atoms with Crippen LogP contribution >= 0.6 is 0 Å². The normalized spacial score (nSPS) is 10.1. The second kappa shape index (κ2) is 5.52. The number of hydrogen-bond acceptors (Lipinski definition) is 0. The molecular weight excluding hydrogens is 120 g/mol. The second-order valence-corrected chi connectivity index (χ2v) is 3.20. The lowest BCUT2D eigenvalue weighted by molar-refractivity contribution is 0.499. The standard InChI is InChI=1S/C10H20/c1-5-10(6-2)8-7-9(3)4/h7,10H,5-6,8H2,1-4H3. The summed E-state index contributed by atoms with van der Waals surface area (Å²) in [5, 5.41) is 0. The molecule has 0 aliphatic carbocycles. The van der Waals surface area contributed by atoms with Gasteiger partial charge in [-0.1, -0.05) is 38.3 Å². The predicted molar refractivity (Wildman–Crippen MR) is 48.1 cm³/mol. The minimum Gasteiger partial charge on any atom is -0.0856 e. The number of rotatable bonds is 4. The highest BCUT2D eigenvalue weighted by Gasteiger charge is 1.98. The summed E-state index contributed by atoms with van der Waals surface area (Å²) in [6, 6.07) is 0. The molecule has 0 fully saturated rings. The van der Waals surface area contributed by atoms with Crippen molar-refractivity contribution in [3.8, 4) is 0 Å². The maximum absolute atomic E-state index is 2.34. The van der Waals surface area contributed by atoms with Gasteiger partial charge in [-0.2, -0.15) is 0 Å². The highest BCUT2D eigenvalue weighted by atomic mass is 14.0. The van der Waals surface area contributed by atoms with Crippen molar-refractivity contribution in [2.75, 3.05) is 0 Å². The van der Waals surface area contributed by atoms with Crippen LogP contribution in [0.1, 0.15) is 47.0 Å². The van der Waals surface area contributed by atoms with Crippen LogP contribution in [0.5, 0.6) is 0 Å². The molecule has 0 amide bonds. The van der Waals surface area contributed by atoms with Gasteiger partial charge in [0.2, 0.25) is 0 Å². The van der Waals surface area contributed by atoms with Crippen molar-refractivity contribution in [2.24, 2.45) is 5.92 Å². The summed E-state index contributed by atoms with van der Waals surface area (Å²) in [5.74, 6) is 0.912. The molecule has 0 aromatic carbocycles. The van der Waals surface area contributed by atoms with E-state index >= 15 is 0 Å². The SMILES string of the molecule is CCC(CC)CC=C(C)C. The van der Waals surface area contributed by atoms with Gasteiger partial charge in [-0.05, 0) is 26.2 Å². The molecule has 0 saturated heterocycles. The molecule has 0 aliphatic rings. The van der Waals surface area contributed by atoms with E-state index in [4.69, 9.17) is 0 Å². The first kappa shape index (κ1) is 9.74. The van der Waals surface area contributed by atoms with E-state index in [1.165, 1.54) is 24.8 Å². The first-order chi connectivity index (χ1) is 4.70. The molecule has 0 bridgehead atoms. The summed E-state index contributed by atoms with van der Waals surface area (Å²) < 4.78 is 0. The first-order valence-corrected chi connectivity index (χ1v) is 4.34. The third-order valence-electron chi connectivity index (χ3n) is 2.01. The Labute approximate surface area is 65.3 Å². The van der Waals surface area contributed by atoms with Gasteiger partial charge in [0.05, 0.1) is 0 Å². The van der Waals surface area contributed by atoms with Gasteiger partial charge >= 0.3 is 0 Å². The van der Waals surface area contributed by atoms with E-state index in [9.17, 15) is 0 Å². The van der Waals surface area contributed by atoms with Crippen molar-refractivity contribution in [2.45, 2.75) is 47.0 Å². The Morgan fingerprint density at radius 3 is 2.00 bits per heavy atom. The molecule has 0 nitrogen and oxygen atoms in total. The summed E-state index contributed by atoms with van der Waals surface area (Å²) in [7, 11) is 0. The lowest BCUT2D eigenvalue weighted by Crippen LogP contribution is -1.93. The van der Waals surface area contributed by atoms with E-state index in [1.54, 1.807) is 0 Å². The van der Waals surface area contributed by atoms with Gasteiger partial charge in [0.1, 0.15) is 0 Å². The van der Waals surface area contributed by atoms with Gasteiger partial charge in [0, 0.05) is 0 Å². The fraction of sp³-hybridized carbons (Fsp3) is 0.800. The fourth-order valence-electron chi connectivity index (χ4n) is 1.02. The Kier molecular flexibility index (Phi) is 5.38. The Bertz CT molecular complexity index is 92.6. The molecule has 0 radical (unpaired) electrons. The van der Waals surface area contributed by atoms with Crippen LogP contribution in [0, 0.1) is 5.92 Å². The van der Waals surface area contributed by atoms with E-state index < -0.39 is 0 Å². The monoisotopic (exact) mass is 140 g/mol. The predicted octanol–water partition coefficient (Wildman–Crippen LogP) is 3.78. The van der Waals surface area contributed by atoms with Crippen LogP contribution in [-0.2, 0) is 0 Å². The molecule has 0 spiro atoms. The largest absolute Gasteiger partial charge is 0.0856 e. The third kappa shape index (κ3) is 4.60. The summed E-state index contributed by atoms with van der Waals surface area (Å²) in [6.45, 7) is 8.88. The number of allylic oxidation sites excluding steroid dienone is 2. The van der Waals surface area contributed by atoms with E-state index in [0.29, 0.717) is 0 Å². The van der Waals surface area contributed by atoms with E-state index in [2.05, 4.69) is 33.8 Å². The lowest BCUT2D eigenvalue weighted by atomic mass is 9.98. The van der Waals surface area contributed by atoms with Crippen LogP contribution in [0.4, 0.5) is 0 Å². The summed E-state index contributed by atoms with van der Waals surface area (Å²) in [5.41, 5.74) is 1.45. The fourth-order valence-corrected chi connectivity index (χ4v) is 1.02. The van der Waals surface area contributed by atoms with E-state index in [0.717, 1.165) is 5.92 Å². The molecule has 60 valence electrons. The zero-order valence-electron chi connectivity index (χ0n) is 7.78. The lowest BCUT2D eigenvalue weighted by Gasteiger charge is -2.08. The van der Waals surface area contributed by atoms with Crippen molar-refractivity contribution in [1.82, 2.24) is 0 Å². The molecule has 0 aromatic heterocycles. The zero-order chi connectivity index (χ0) is 7.98. The van der Waals surface area contributed by atoms with Gasteiger partial charge in [-0.25, -0.2) is 0 Å². The molecule has 0 heterocycles. The molecule has 0 aromatic rings. The molecular formula is C10H20. The van der Waals surface area contributed by atoms with Crippen LogP contribution in [0.25, 0.3) is 0 Å². The van der Waals surface area contributed by atoms with E-state index in [1.807, 2.05) is 0 Å². The first-order valence-electron chi connectivity index (χ1n) is 4.34. The highest BCUT2D eigenvalue weighted by Crippen LogP contribution is 2.13. The van der Waals surface area contributed by atoms with Gasteiger partial charge in [0.25, 0.3) is 0 Å². The summed E-state index contributed by atoms with van der Waals surface area (Å²) in [4.78, 5) is 0. The van der Waals surface area contributed by atoms with Crippen molar-refractivity contribution in [1.29, 1.82) is 0 Å². The molecule has 0 aliphatic heterocycles. The molecule has 0 heteroatoms. The maximum atomic E-state index is 2.34. The average Bonchev–Trinajstić information content (AvgIpc) is 1.90. The average molecular weight is 140 g/mol. The van der Waals surface area contributed by atoms with Crippen molar-refractivity contribution in [3.05, 3.63) is 11.6 Å². The van der Waals surface area contributed by atoms with Gasteiger partial charge in [-0.15, -0.1) is 0 Å². The molecule has 0 saturated carbocycles. The number of hydrogen-bond donors (Lipinski definition) is 0. The van der Waals surface area contributed by atoms with Crippen molar-refractivity contribution < 1.29 is 0 Å². The quantitative estimate of drug-likeness (QED) is 0.521.